The number of nitrogens with zero attached hydrogens (tertiary/aromatic N) is 1. The topological polar surface area (TPSA) is 95.7 Å². The number of hydrogen-bond acceptors (Lipinski definition) is 6. The number of esters is 1. The Morgan fingerprint density at radius 3 is 2.48 bits per heavy atom. The number of ether oxygens (including phenoxy) is 2. The number of fused-ring (bicyclic) bond motifs is 1. The van der Waals surface area contributed by atoms with Gasteiger partial charge in [-0.05, 0) is 57.0 Å². The van der Waals surface area contributed by atoms with Gasteiger partial charge in [0.15, 0.2) is 5.75 Å². The maximum absolute atomic E-state index is 14.5. The highest BCUT2D eigenvalue weighted by Crippen LogP contribution is 2.48. The minimum atomic E-state index is -3.17. The first-order valence-corrected chi connectivity index (χ1v) is 10.4. The molecule has 1 aliphatic rings. The molecule has 0 radical (unpaired) electrons. The second-order valence-corrected chi connectivity index (χ2v) is 9.33. The normalized spacial score (nSPS) is 19.3. The Bertz CT molecular complexity index is 1110. The predicted molar refractivity (Wildman–Crippen MR) is 116 cm³/mol. The number of alkyl halides is 2. The van der Waals surface area contributed by atoms with Crippen LogP contribution in [0.25, 0.3) is 0 Å². The van der Waals surface area contributed by atoms with Crippen molar-refractivity contribution in [1.29, 1.82) is 0 Å². The fourth-order valence-corrected chi connectivity index (χ4v) is 3.83. The van der Waals surface area contributed by atoms with Crippen molar-refractivity contribution >= 4 is 29.5 Å². The van der Waals surface area contributed by atoms with Gasteiger partial charge in [-0.3, -0.25) is 10.1 Å². The molecule has 0 saturated carbocycles. The molecule has 176 valence electrons. The summed E-state index contributed by atoms with van der Waals surface area (Å²) in [6.45, 7) is 4.57. The van der Waals surface area contributed by atoms with Gasteiger partial charge in [0.25, 0.3) is 5.92 Å². The molecule has 33 heavy (non-hydrogen) atoms. The lowest BCUT2D eigenvalue weighted by atomic mass is 9.70. The van der Waals surface area contributed by atoms with Gasteiger partial charge in [-0.15, -0.1) is 0 Å². The highest BCUT2D eigenvalue weighted by atomic mass is 35.5. The van der Waals surface area contributed by atoms with Crippen molar-refractivity contribution in [2.75, 3.05) is 6.61 Å². The third-order valence-electron chi connectivity index (χ3n) is 5.30. The zero-order chi connectivity index (χ0) is 24.6. The molecule has 0 aromatic heterocycles. The van der Waals surface area contributed by atoms with Gasteiger partial charge < -0.3 is 14.3 Å². The molecule has 2 aromatic carbocycles. The standard InChI is InChI=1S/C23H22ClF2NO6/c1-21(2,3)33-20(29)14-4-7-19(18(10-14)27(30)31)32-13-22(12-28)8-9-23(25,26)17-11-15(24)5-6-16(17)22/h4-7,10-12H,8-9,13H2,1-3H3/t22-/m0/s1. The lowest BCUT2D eigenvalue weighted by Crippen LogP contribution is -2.42. The van der Waals surface area contributed by atoms with Gasteiger partial charge in [0.1, 0.15) is 18.5 Å². The van der Waals surface area contributed by atoms with Crippen LogP contribution in [0.3, 0.4) is 0 Å². The molecule has 7 nitrogen and oxygen atoms in total. The molecule has 0 aliphatic heterocycles. The van der Waals surface area contributed by atoms with Crippen molar-refractivity contribution in [1.82, 2.24) is 0 Å². The van der Waals surface area contributed by atoms with Gasteiger partial charge in [-0.25, -0.2) is 13.6 Å². The summed E-state index contributed by atoms with van der Waals surface area (Å²) in [5, 5.41) is 11.7. The summed E-state index contributed by atoms with van der Waals surface area (Å²) in [6.07, 6.45) is -0.306. The van der Waals surface area contributed by atoms with Crippen LogP contribution in [-0.2, 0) is 20.9 Å². The molecule has 1 aliphatic carbocycles. The predicted octanol–water partition coefficient (Wildman–Crippen LogP) is 5.60. The molecular weight excluding hydrogens is 460 g/mol. The number of nitro groups is 1. The quantitative estimate of drug-likeness (QED) is 0.230. The summed E-state index contributed by atoms with van der Waals surface area (Å²) in [6, 6.07) is 7.40. The molecule has 0 N–H and O–H groups in total. The first-order valence-electron chi connectivity index (χ1n) is 10.1. The monoisotopic (exact) mass is 481 g/mol. The van der Waals surface area contributed by atoms with Crippen molar-refractivity contribution in [3.63, 3.8) is 0 Å². The largest absolute Gasteiger partial charge is 0.485 e. The second-order valence-electron chi connectivity index (χ2n) is 8.90. The molecule has 0 amide bonds. The SMILES string of the molecule is CC(C)(C)OC(=O)c1ccc(OC[C@@]2(C=O)CCC(F)(F)c3cc(Cl)ccc32)c([N+](=O)[O-])c1. The van der Waals surface area contributed by atoms with Gasteiger partial charge in [-0.2, -0.15) is 0 Å². The van der Waals surface area contributed by atoms with Crippen LogP contribution in [0.4, 0.5) is 14.5 Å². The Balaban J connectivity index is 1.93. The zero-order valence-corrected chi connectivity index (χ0v) is 18.9. The van der Waals surface area contributed by atoms with Gasteiger partial charge >= 0.3 is 11.7 Å². The van der Waals surface area contributed by atoms with Crippen molar-refractivity contribution in [2.24, 2.45) is 0 Å². The summed E-state index contributed by atoms with van der Waals surface area (Å²) < 4.78 is 39.8. The average Bonchev–Trinajstić information content (AvgIpc) is 2.72. The number of benzene rings is 2. The van der Waals surface area contributed by atoms with Crippen molar-refractivity contribution < 1.29 is 32.8 Å². The summed E-state index contributed by atoms with van der Waals surface area (Å²) in [7, 11) is 0. The van der Waals surface area contributed by atoms with Crippen LogP contribution in [-0.4, -0.2) is 29.4 Å². The molecule has 0 saturated heterocycles. The molecule has 0 bridgehead atoms. The first kappa shape index (κ1) is 24.6. The molecule has 0 unspecified atom stereocenters. The number of rotatable bonds is 6. The van der Waals surface area contributed by atoms with E-state index in [1.54, 1.807) is 20.8 Å². The molecule has 2 aromatic rings. The van der Waals surface area contributed by atoms with E-state index in [1.807, 2.05) is 0 Å². The van der Waals surface area contributed by atoms with E-state index in [0.717, 1.165) is 12.1 Å². The lowest BCUT2D eigenvalue weighted by Gasteiger charge is -2.38. The minimum absolute atomic E-state index is 0.0497. The maximum Gasteiger partial charge on any atom is 0.338 e. The van der Waals surface area contributed by atoms with Gasteiger partial charge in [0.2, 0.25) is 0 Å². The van der Waals surface area contributed by atoms with Crippen LogP contribution in [0.5, 0.6) is 5.75 Å². The number of carbonyl (C=O) groups excluding carboxylic acids is 2. The van der Waals surface area contributed by atoms with E-state index in [9.17, 15) is 28.5 Å². The number of aldehydes is 1. The molecule has 1 atom stereocenters. The Hall–Kier alpha value is -3.07. The fourth-order valence-electron chi connectivity index (χ4n) is 3.66. The van der Waals surface area contributed by atoms with E-state index in [1.165, 1.54) is 24.3 Å². The number of carbonyl (C=O) groups is 2. The molecule has 0 spiro atoms. The third-order valence-corrected chi connectivity index (χ3v) is 5.53. The van der Waals surface area contributed by atoms with Gasteiger partial charge in [-0.1, -0.05) is 17.7 Å². The summed E-state index contributed by atoms with van der Waals surface area (Å²) in [5.41, 5.74) is -3.11. The Morgan fingerprint density at radius 1 is 1.18 bits per heavy atom. The first-order chi connectivity index (χ1) is 15.3. The van der Waals surface area contributed by atoms with E-state index in [4.69, 9.17) is 21.1 Å². The molecule has 3 rings (SSSR count). The van der Waals surface area contributed by atoms with Crippen LogP contribution in [0.1, 0.15) is 55.1 Å². The second kappa shape index (κ2) is 8.70. The third kappa shape index (κ3) is 5.13. The van der Waals surface area contributed by atoms with E-state index in [2.05, 4.69) is 0 Å². The van der Waals surface area contributed by atoms with Crippen molar-refractivity contribution in [3.8, 4) is 5.75 Å². The maximum atomic E-state index is 14.5. The van der Waals surface area contributed by atoms with Crippen molar-refractivity contribution in [2.45, 2.75) is 50.6 Å². The molecule has 10 heteroatoms. The Labute approximate surface area is 193 Å². The zero-order valence-electron chi connectivity index (χ0n) is 18.2. The minimum Gasteiger partial charge on any atom is -0.485 e. The van der Waals surface area contributed by atoms with Gasteiger partial charge in [0.05, 0.1) is 15.9 Å². The molecule has 0 heterocycles. The van der Waals surface area contributed by atoms with Crippen LogP contribution in [0, 0.1) is 10.1 Å². The lowest BCUT2D eigenvalue weighted by molar-refractivity contribution is -0.386. The van der Waals surface area contributed by atoms with E-state index in [0.29, 0.717) is 6.29 Å². The highest BCUT2D eigenvalue weighted by molar-refractivity contribution is 6.30. The number of hydrogen-bond donors (Lipinski definition) is 0. The fraction of sp³-hybridized carbons (Fsp3) is 0.391. The van der Waals surface area contributed by atoms with E-state index >= 15 is 0 Å². The highest BCUT2D eigenvalue weighted by Gasteiger charge is 2.48. The van der Waals surface area contributed by atoms with E-state index < -0.39 is 46.5 Å². The van der Waals surface area contributed by atoms with E-state index in [-0.39, 0.29) is 33.9 Å². The number of nitro benzene ring substituents is 1. The number of halogens is 3. The summed E-state index contributed by atoms with van der Waals surface area (Å²) in [5.74, 6) is -4.13. The van der Waals surface area contributed by atoms with Crippen LogP contribution in [0.15, 0.2) is 36.4 Å². The summed E-state index contributed by atoms with van der Waals surface area (Å²) in [4.78, 5) is 35.2. The van der Waals surface area contributed by atoms with Crippen LogP contribution >= 0.6 is 11.6 Å². The summed E-state index contributed by atoms with van der Waals surface area (Å²) >= 11 is 5.88. The van der Waals surface area contributed by atoms with Crippen LogP contribution in [0.2, 0.25) is 5.02 Å². The molecular formula is C23H22ClF2NO6. The Kier molecular flexibility index (Phi) is 6.48. The van der Waals surface area contributed by atoms with Crippen molar-refractivity contribution in [3.05, 3.63) is 68.2 Å². The molecule has 0 fully saturated rings. The van der Waals surface area contributed by atoms with Gasteiger partial charge in [0, 0.05) is 23.1 Å². The Morgan fingerprint density at radius 2 is 1.88 bits per heavy atom. The average molecular weight is 482 g/mol. The van der Waals surface area contributed by atoms with Crippen LogP contribution < -0.4 is 4.74 Å². The smallest absolute Gasteiger partial charge is 0.338 e.